The molecule has 0 aliphatic heterocycles. The lowest BCUT2D eigenvalue weighted by Crippen LogP contribution is -2.30. The van der Waals surface area contributed by atoms with E-state index in [1.165, 1.54) is 10.6 Å². The molecule has 0 spiro atoms. The molecule has 3 heterocycles. The largest absolute Gasteiger partial charge is 0.322 e. The van der Waals surface area contributed by atoms with Gasteiger partial charge in [0.05, 0.1) is 6.67 Å². The first-order chi connectivity index (χ1) is 12.2. The molecule has 0 unspecified atom stereocenters. The third-order valence-corrected chi connectivity index (χ3v) is 3.80. The summed E-state index contributed by atoms with van der Waals surface area (Å²) in [6, 6.07) is 8.34. The number of halogens is 1. The second-order valence-electron chi connectivity index (χ2n) is 5.52. The Morgan fingerprint density at radius 3 is 2.72 bits per heavy atom. The number of amides is 1. The van der Waals surface area contributed by atoms with Crippen molar-refractivity contribution in [3.8, 4) is 0 Å². The first kappa shape index (κ1) is 16.8. The van der Waals surface area contributed by atoms with Crippen LogP contribution in [-0.2, 0) is 6.54 Å². The van der Waals surface area contributed by atoms with Crippen LogP contribution in [0, 0.1) is 0 Å². The van der Waals surface area contributed by atoms with E-state index in [2.05, 4.69) is 15.3 Å². The highest BCUT2D eigenvalue weighted by Gasteiger charge is 2.16. The van der Waals surface area contributed by atoms with Crippen LogP contribution >= 0.6 is 0 Å². The van der Waals surface area contributed by atoms with E-state index in [1.807, 2.05) is 0 Å². The van der Waals surface area contributed by atoms with Gasteiger partial charge < -0.3 is 5.32 Å². The van der Waals surface area contributed by atoms with Crippen molar-refractivity contribution in [2.24, 2.45) is 0 Å². The Kier molecular flexibility index (Phi) is 5.13. The molecule has 25 heavy (non-hydrogen) atoms. The Morgan fingerprint density at radius 2 is 1.96 bits per heavy atom. The van der Waals surface area contributed by atoms with Crippen molar-refractivity contribution in [1.82, 2.24) is 14.5 Å². The predicted octanol–water partition coefficient (Wildman–Crippen LogP) is 2.79. The van der Waals surface area contributed by atoms with Crippen LogP contribution in [0.2, 0.25) is 0 Å². The van der Waals surface area contributed by atoms with Crippen molar-refractivity contribution in [2.45, 2.75) is 19.4 Å². The third-order valence-electron chi connectivity index (χ3n) is 3.80. The molecule has 7 heteroatoms. The van der Waals surface area contributed by atoms with E-state index >= 15 is 0 Å². The molecule has 0 saturated carbocycles. The molecule has 0 aromatic carbocycles. The standard InChI is InChI=1S/C18H17FN4O2/c19-7-1-2-11-23-16-13(4-3-8-21-16)12-15(18(23)25)17(24)22-14-5-9-20-10-6-14/h3-6,8-10,12H,1-2,7,11H2,(H,20,22,24). The summed E-state index contributed by atoms with van der Waals surface area (Å²) in [5, 5.41) is 3.37. The quantitative estimate of drug-likeness (QED) is 0.700. The Hall–Kier alpha value is -3.09. The number of hydrogen-bond donors (Lipinski definition) is 1. The van der Waals surface area contributed by atoms with Crippen LogP contribution in [0.1, 0.15) is 23.2 Å². The Balaban J connectivity index is 2.01. The zero-order valence-electron chi connectivity index (χ0n) is 13.5. The number of rotatable bonds is 6. The van der Waals surface area contributed by atoms with Gasteiger partial charge in [0.1, 0.15) is 11.2 Å². The zero-order chi connectivity index (χ0) is 17.6. The van der Waals surface area contributed by atoms with Crippen molar-refractivity contribution < 1.29 is 9.18 Å². The second kappa shape index (κ2) is 7.65. The van der Waals surface area contributed by atoms with Crippen molar-refractivity contribution in [3.63, 3.8) is 0 Å². The number of alkyl halides is 1. The fraction of sp³-hybridized carbons (Fsp3) is 0.222. The van der Waals surface area contributed by atoms with E-state index in [0.29, 0.717) is 36.1 Å². The van der Waals surface area contributed by atoms with Crippen molar-refractivity contribution in [3.05, 3.63) is 64.8 Å². The van der Waals surface area contributed by atoms with Gasteiger partial charge in [0.2, 0.25) is 0 Å². The number of carbonyl (C=O) groups is 1. The lowest BCUT2D eigenvalue weighted by Gasteiger charge is -2.12. The number of hydrogen-bond acceptors (Lipinski definition) is 4. The first-order valence-corrected chi connectivity index (χ1v) is 7.96. The summed E-state index contributed by atoms with van der Waals surface area (Å²) >= 11 is 0. The molecule has 0 radical (unpaired) electrons. The average Bonchev–Trinajstić information content (AvgIpc) is 2.64. The summed E-state index contributed by atoms with van der Waals surface area (Å²) < 4.78 is 13.8. The minimum atomic E-state index is -0.499. The molecule has 0 aliphatic rings. The van der Waals surface area contributed by atoms with Gasteiger partial charge in [0.25, 0.3) is 11.5 Å². The van der Waals surface area contributed by atoms with Gasteiger partial charge in [-0.3, -0.25) is 23.5 Å². The summed E-state index contributed by atoms with van der Waals surface area (Å²) in [5.41, 5.74) is 0.635. The van der Waals surface area contributed by atoms with Crippen LogP contribution in [-0.4, -0.2) is 27.1 Å². The number of aryl methyl sites for hydroxylation is 1. The lowest BCUT2D eigenvalue weighted by atomic mass is 10.1. The molecule has 0 fully saturated rings. The molecule has 0 saturated heterocycles. The molecular weight excluding hydrogens is 323 g/mol. The van der Waals surface area contributed by atoms with E-state index in [0.717, 1.165) is 0 Å². The number of unbranched alkanes of at least 4 members (excludes halogenated alkanes) is 1. The molecule has 1 amide bonds. The van der Waals surface area contributed by atoms with E-state index in [1.54, 1.807) is 42.9 Å². The maximum absolute atomic E-state index is 12.8. The van der Waals surface area contributed by atoms with E-state index in [-0.39, 0.29) is 5.56 Å². The molecule has 0 atom stereocenters. The number of nitrogens with one attached hydrogen (secondary N) is 1. The highest BCUT2D eigenvalue weighted by atomic mass is 19.1. The van der Waals surface area contributed by atoms with Gasteiger partial charge in [0, 0.05) is 36.2 Å². The smallest absolute Gasteiger partial charge is 0.265 e. The van der Waals surface area contributed by atoms with Gasteiger partial charge in [0.15, 0.2) is 0 Å². The maximum Gasteiger partial charge on any atom is 0.265 e. The fourth-order valence-corrected chi connectivity index (χ4v) is 2.57. The van der Waals surface area contributed by atoms with Crippen molar-refractivity contribution in [2.75, 3.05) is 12.0 Å². The summed E-state index contributed by atoms with van der Waals surface area (Å²) in [7, 11) is 0. The SMILES string of the molecule is O=C(Nc1ccncc1)c1cc2cccnc2n(CCCCF)c1=O. The van der Waals surface area contributed by atoms with Crippen LogP contribution in [0.5, 0.6) is 0 Å². The number of nitrogens with zero attached hydrogens (tertiary/aromatic N) is 3. The molecule has 3 aromatic heterocycles. The van der Waals surface area contributed by atoms with Gasteiger partial charge in [-0.15, -0.1) is 0 Å². The van der Waals surface area contributed by atoms with Gasteiger partial charge in [-0.2, -0.15) is 0 Å². The maximum atomic E-state index is 12.8. The molecule has 6 nitrogen and oxygen atoms in total. The monoisotopic (exact) mass is 340 g/mol. The van der Waals surface area contributed by atoms with Gasteiger partial charge >= 0.3 is 0 Å². The highest BCUT2D eigenvalue weighted by Crippen LogP contribution is 2.13. The second-order valence-corrected chi connectivity index (χ2v) is 5.52. The molecule has 128 valence electrons. The molecule has 0 aliphatic carbocycles. The molecule has 0 bridgehead atoms. The molecule has 1 N–H and O–H groups in total. The summed E-state index contributed by atoms with van der Waals surface area (Å²) in [4.78, 5) is 33.4. The van der Waals surface area contributed by atoms with Crippen LogP contribution in [0.3, 0.4) is 0 Å². The van der Waals surface area contributed by atoms with E-state index < -0.39 is 18.1 Å². The van der Waals surface area contributed by atoms with Gasteiger partial charge in [-0.1, -0.05) is 0 Å². The first-order valence-electron chi connectivity index (χ1n) is 7.96. The topological polar surface area (TPSA) is 76.9 Å². The minimum absolute atomic E-state index is 0.0255. The molecule has 3 rings (SSSR count). The third kappa shape index (κ3) is 3.71. The zero-order valence-corrected chi connectivity index (χ0v) is 13.5. The van der Waals surface area contributed by atoms with E-state index in [4.69, 9.17) is 0 Å². The van der Waals surface area contributed by atoms with Crippen LogP contribution in [0.4, 0.5) is 10.1 Å². The normalized spacial score (nSPS) is 10.8. The van der Waals surface area contributed by atoms with Crippen LogP contribution < -0.4 is 10.9 Å². The van der Waals surface area contributed by atoms with Gasteiger partial charge in [-0.05, 0) is 43.2 Å². The lowest BCUT2D eigenvalue weighted by molar-refractivity contribution is 0.102. The number of carbonyl (C=O) groups excluding carboxylic acids is 1. The Labute approximate surface area is 143 Å². The van der Waals surface area contributed by atoms with Crippen LogP contribution in [0.25, 0.3) is 11.0 Å². The van der Waals surface area contributed by atoms with Crippen molar-refractivity contribution in [1.29, 1.82) is 0 Å². The summed E-state index contributed by atoms with van der Waals surface area (Å²) in [6.07, 6.45) is 5.54. The highest BCUT2D eigenvalue weighted by molar-refractivity contribution is 6.05. The minimum Gasteiger partial charge on any atom is -0.322 e. The fourth-order valence-electron chi connectivity index (χ4n) is 2.57. The number of fused-ring (bicyclic) bond motifs is 1. The predicted molar refractivity (Wildman–Crippen MR) is 93.4 cm³/mol. The summed E-state index contributed by atoms with van der Waals surface area (Å²) in [6.45, 7) is -0.130. The van der Waals surface area contributed by atoms with Crippen molar-refractivity contribution >= 4 is 22.6 Å². The average molecular weight is 340 g/mol. The Bertz CT molecular complexity index is 941. The van der Waals surface area contributed by atoms with Gasteiger partial charge in [-0.25, -0.2) is 4.98 Å². The number of aromatic nitrogens is 3. The number of anilines is 1. The van der Waals surface area contributed by atoms with E-state index in [9.17, 15) is 14.0 Å². The molecule has 3 aromatic rings. The van der Waals surface area contributed by atoms with Crippen LogP contribution in [0.15, 0.2) is 53.7 Å². The summed E-state index contributed by atoms with van der Waals surface area (Å²) in [5.74, 6) is -0.499. The number of pyridine rings is 3. The Morgan fingerprint density at radius 1 is 1.16 bits per heavy atom. The molecular formula is C18H17FN4O2.